The molecule has 0 aromatic heterocycles. The van der Waals surface area contributed by atoms with Crippen molar-refractivity contribution >= 4 is 0 Å². The first-order chi connectivity index (χ1) is 5.52. The molecule has 0 radical (unpaired) electrons. The normalized spacial score (nSPS) is 14.3. The van der Waals surface area contributed by atoms with Crippen LogP contribution in [0.15, 0.2) is 30.3 Å². The molecule has 0 fully saturated rings. The predicted molar refractivity (Wildman–Crippen MR) is 50.9 cm³/mol. The van der Waals surface area contributed by atoms with Crippen LogP contribution in [-0.4, -0.2) is 5.11 Å². The highest BCUT2D eigenvalue weighted by atomic mass is 16.3. The largest absolute Gasteiger partial charge is 0.388 e. The van der Waals surface area contributed by atoms with Crippen molar-refractivity contribution in [1.82, 2.24) is 0 Å². The van der Waals surface area contributed by atoms with Gasteiger partial charge in [0, 0.05) is 0 Å². The highest BCUT2D eigenvalue weighted by molar-refractivity contribution is 5.18. The lowest BCUT2D eigenvalue weighted by atomic mass is 9.85. The molecule has 0 bridgehead atoms. The standard InChI is InChI=1S/C11H16O/c1-11(2,3)10(12)9-7-5-4-6-8-9/h4-8,10,12H,1-3H3/t10-/m1/s1. The van der Waals surface area contributed by atoms with Gasteiger partial charge in [-0.2, -0.15) is 0 Å². The van der Waals surface area contributed by atoms with Gasteiger partial charge in [-0.25, -0.2) is 0 Å². The van der Waals surface area contributed by atoms with Crippen LogP contribution in [-0.2, 0) is 0 Å². The Morgan fingerprint density at radius 2 is 1.58 bits per heavy atom. The summed E-state index contributed by atoms with van der Waals surface area (Å²) in [5.74, 6) is 0. The molecule has 0 heterocycles. The van der Waals surface area contributed by atoms with E-state index in [4.69, 9.17) is 0 Å². The van der Waals surface area contributed by atoms with Crippen molar-refractivity contribution in [3.8, 4) is 0 Å². The maximum atomic E-state index is 9.86. The van der Waals surface area contributed by atoms with E-state index in [-0.39, 0.29) is 11.5 Å². The molecule has 1 atom stereocenters. The van der Waals surface area contributed by atoms with E-state index in [1.165, 1.54) is 0 Å². The van der Waals surface area contributed by atoms with Gasteiger partial charge in [-0.05, 0) is 11.0 Å². The first-order valence-corrected chi connectivity index (χ1v) is 4.25. The summed E-state index contributed by atoms with van der Waals surface area (Å²) in [6.45, 7) is 6.10. The molecule has 1 N–H and O–H groups in total. The van der Waals surface area contributed by atoms with Gasteiger partial charge in [-0.15, -0.1) is 0 Å². The maximum Gasteiger partial charge on any atom is 0.0838 e. The summed E-state index contributed by atoms with van der Waals surface area (Å²) in [4.78, 5) is 0. The molecule has 66 valence electrons. The summed E-state index contributed by atoms with van der Waals surface area (Å²) in [7, 11) is 0. The maximum absolute atomic E-state index is 9.86. The van der Waals surface area contributed by atoms with Gasteiger partial charge < -0.3 is 5.11 Å². The van der Waals surface area contributed by atoms with Crippen molar-refractivity contribution in [2.75, 3.05) is 0 Å². The van der Waals surface area contributed by atoms with E-state index in [1.54, 1.807) is 0 Å². The molecule has 0 aliphatic carbocycles. The minimum atomic E-state index is -0.376. The third-order valence-electron chi connectivity index (χ3n) is 1.94. The number of rotatable bonds is 1. The van der Waals surface area contributed by atoms with E-state index < -0.39 is 0 Å². The summed E-state index contributed by atoms with van der Waals surface area (Å²) in [5, 5.41) is 9.86. The lowest BCUT2D eigenvalue weighted by molar-refractivity contribution is 0.0627. The van der Waals surface area contributed by atoms with E-state index in [0.29, 0.717) is 0 Å². The minimum Gasteiger partial charge on any atom is -0.388 e. The Morgan fingerprint density at radius 1 is 1.08 bits per heavy atom. The fourth-order valence-electron chi connectivity index (χ4n) is 1.14. The van der Waals surface area contributed by atoms with E-state index in [0.717, 1.165) is 5.56 Å². The van der Waals surface area contributed by atoms with Gasteiger partial charge in [0.2, 0.25) is 0 Å². The molecule has 1 aromatic rings. The molecule has 0 amide bonds. The molecule has 0 spiro atoms. The van der Waals surface area contributed by atoms with Crippen molar-refractivity contribution in [1.29, 1.82) is 0 Å². The second kappa shape index (κ2) is 3.28. The van der Waals surface area contributed by atoms with Crippen LogP contribution in [0.25, 0.3) is 0 Å². The van der Waals surface area contributed by atoms with E-state index >= 15 is 0 Å². The fraction of sp³-hybridized carbons (Fsp3) is 0.455. The lowest BCUT2D eigenvalue weighted by Crippen LogP contribution is -2.17. The van der Waals surface area contributed by atoms with Crippen LogP contribution in [0.5, 0.6) is 0 Å². The van der Waals surface area contributed by atoms with E-state index in [2.05, 4.69) is 0 Å². The molecule has 0 aliphatic heterocycles. The minimum absolute atomic E-state index is 0.0820. The first kappa shape index (κ1) is 9.27. The smallest absolute Gasteiger partial charge is 0.0838 e. The average molecular weight is 164 g/mol. The zero-order valence-electron chi connectivity index (χ0n) is 7.91. The Morgan fingerprint density at radius 3 is 2.00 bits per heavy atom. The molecule has 1 aromatic carbocycles. The molecule has 0 unspecified atom stereocenters. The first-order valence-electron chi connectivity index (χ1n) is 4.25. The molecule has 1 nitrogen and oxygen atoms in total. The Kier molecular flexibility index (Phi) is 2.53. The second-order valence-corrected chi connectivity index (χ2v) is 4.18. The van der Waals surface area contributed by atoms with Crippen LogP contribution in [0.1, 0.15) is 32.4 Å². The second-order valence-electron chi connectivity index (χ2n) is 4.18. The Labute approximate surface area is 74.1 Å². The van der Waals surface area contributed by atoms with Crippen LogP contribution in [0, 0.1) is 5.41 Å². The van der Waals surface area contributed by atoms with Crippen LogP contribution in [0.4, 0.5) is 0 Å². The average Bonchev–Trinajstić information content (AvgIpc) is 2.03. The molecule has 0 saturated carbocycles. The Balaban J connectivity index is 2.86. The Bertz CT molecular complexity index is 233. The van der Waals surface area contributed by atoms with Gasteiger partial charge in [0.15, 0.2) is 0 Å². The summed E-state index contributed by atoms with van der Waals surface area (Å²) >= 11 is 0. The van der Waals surface area contributed by atoms with Crippen molar-refractivity contribution in [3.63, 3.8) is 0 Å². The summed E-state index contributed by atoms with van der Waals surface area (Å²) in [5.41, 5.74) is 0.909. The Hall–Kier alpha value is -0.820. The zero-order chi connectivity index (χ0) is 9.19. The molecular weight excluding hydrogens is 148 g/mol. The van der Waals surface area contributed by atoms with Crippen LogP contribution in [0.2, 0.25) is 0 Å². The van der Waals surface area contributed by atoms with Crippen LogP contribution < -0.4 is 0 Å². The third kappa shape index (κ3) is 2.08. The van der Waals surface area contributed by atoms with Gasteiger partial charge in [0.05, 0.1) is 6.10 Å². The number of aliphatic hydroxyl groups excluding tert-OH is 1. The lowest BCUT2D eigenvalue weighted by Gasteiger charge is -2.25. The van der Waals surface area contributed by atoms with Crippen molar-refractivity contribution in [2.45, 2.75) is 26.9 Å². The molecule has 0 aliphatic rings. The third-order valence-corrected chi connectivity index (χ3v) is 1.94. The highest BCUT2D eigenvalue weighted by Crippen LogP contribution is 2.31. The van der Waals surface area contributed by atoms with Gasteiger partial charge in [-0.3, -0.25) is 0 Å². The SMILES string of the molecule is CC(C)(C)[C@H](O)c1ccccc1. The number of hydrogen-bond donors (Lipinski definition) is 1. The number of benzene rings is 1. The fourth-order valence-corrected chi connectivity index (χ4v) is 1.14. The van der Waals surface area contributed by atoms with Crippen LogP contribution in [0.3, 0.4) is 0 Å². The van der Waals surface area contributed by atoms with Gasteiger partial charge in [0.25, 0.3) is 0 Å². The van der Waals surface area contributed by atoms with Gasteiger partial charge in [-0.1, -0.05) is 51.1 Å². The highest BCUT2D eigenvalue weighted by Gasteiger charge is 2.22. The summed E-state index contributed by atoms with van der Waals surface area (Å²) in [6.07, 6.45) is -0.376. The molecular formula is C11H16O. The quantitative estimate of drug-likeness (QED) is 0.676. The monoisotopic (exact) mass is 164 g/mol. The topological polar surface area (TPSA) is 20.2 Å². The van der Waals surface area contributed by atoms with Crippen molar-refractivity contribution in [2.24, 2.45) is 5.41 Å². The summed E-state index contributed by atoms with van der Waals surface area (Å²) in [6, 6.07) is 9.76. The van der Waals surface area contributed by atoms with Crippen molar-refractivity contribution < 1.29 is 5.11 Å². The van der Waals surface area contributed by atoms with Gasteiger partial charge >= 0.3 is 0 Å². The number of hydrogen-bond acceptors (Lipinski definition) is 1. The van der Waals surface area contributed by atoms with E-state index in [9.17, 15) is 5.11 Å². The predicted octanol–water partition coefficient (Wildman–Crippen LogP) is 2.77. The van der Waals surface area contributed by atoms with Crippen molar-refractivity contribution in [3.05, 3.63) is 35.9 Å². The van der Waals surface area contributed by atoms with Crippen LogP contribution >= 0.6 is 0 Å². The van der Waals surface area contributed by atoms with Gasteiger partial charge in [0.1, 0.15) is 0 Å². The molecule has 1 heteroatoms. The molecule has 1 rings (SSSR count). The van der Waals surface area contributed by atoms with E-state index in [1.807, 2.05) is 51.1 Å². The number of aliphatic hydroxyl groups is 1. The molecule has 12 heavy (non-hydrogen) atoms. The summed E-state index contributed by atoms with van der Waals surface area (Å²) < 4.78 is 0. The molecule has 0 saturated heterocycles. The zero-order valence-corrected chi connectivity index (χ0v) is 7.91.